The first-order valence-electron chi connectivity index (χ1n) is 7.58. The summed E-state index contributed by atoms with van der Waals surface area (Å²) in [4.78, 5) is 24.1. The number of rotatable bonds is 4. The number of nitrogens with zero attached hydrogens (tertiary/aromatic N) is 1. The van der Waals surface area contributed by atoms with Gasteiger partial charge < -0.3 is 25.2 Å². The Kier molecular flexibility index (Phi) is 4.88. The first-order valence-corrected chi connectivity index (χ1v) is 7.58. The third-order valence-corrected chi connectivity index (χ3v) is 3.64. The molecule has 126 valence electrons. The average Bonchev–Trinajstić information content (AvgIpc) is 3.03. The van der Waals surface area contributed by atoms with Gasteiger partial charge in [-0.3, -0.25) is 9.59 Å². The lowest BCUT2D eigenvalue weighted by Crippen LogP contribution is -2.48. The lowest BCUT2D eigenvalue weighted by molar-refractivity contribution is -0.120. The number of nitrogens with one attached hydrogen (secondary N) is 3. The molecule has 8 nitrogen and oxygen atoms in total. The Morgan fingerprint density at radius 1 is 1.21 bits per heavy atom. The lowest BCUT2D eigenvalue weighted by atomic mass is 10.2. The quantitative estimate of drug-likeness (QED) is 0.777. The Labute approximate surface area is 138 Å². The number of aryl methyl sites for hydroxylation is 1. The number of carbonyl (C=O) groups is 2. The normalized spacial score (nSPS) is 17.3. The van der Waals surface area contributed by atoms with Crippen LogP contribution in [0.2, 0.25) is 0 Å². The highest BCUT2D eigenvalue weighted by atomic mass is 16.5. The van der Waals surface area contributed by atoms with E-state index in [1.807, 2.05) is 0 Å². The van der Waals surface area contributed by atoms with Crippen LogP contribution in [-0.2, 0) is 9.53 Å². The van der Waals surface area contributed by atoms with Gasteiger partial charge >= 0.3 is 0 Å². The van der Waals surface area contributed by atoms with Crippen LogP contribution in [0.3, 0.4) is 0 Å². The number of anilines is 2. The van der Waals surface area contributed by atoms with Gasteiger partial charge in [-0.2, -0.15) is 0 Å². The highest BCUT2D eigenvalue weighted by Crippen LogP contribution is 2.16. The molecule has 1 aromatic carbocycles. The molecule has 1 aromatic heterocycles. The summed E-state index contributed by atoms with van der Waals surface area (Å²) in [5, 5.41) is 12.2. The summed E-state index contributed by atoms with van der Waals surface area (Å²) in [7, 11) is 0. The van der Waals surface area contributed by atoms with Crippen molar-refractivity contribution in [2.24, 2.45) is 0 Å². The second-order valence-corrected chi connectivity index (χ2v) is 5.40. The van der Waals surface area contributed by atoms with E-state index in [2.05, 4.69) is 21.1 Å². The van der Waals surface area contributed by atoms with Gasteiger partial charge in [-0.15, -0.1) is 0 Å². The summed E-state index contributed by atoms with van der Waals surface area (Å²) in [6, 6.07) is 6.51. The van der Waals surface area contributed by atoms with Crippen LogP contribution in [0.15, 0.2) is 35.0 Å². The SMILES string of the molecule is Cc1oncc1C(=O)Nc1ccc(NC(=O)C2COCCN2)cc1. The summed E-state index contributed by atoms with van der Waals surface area (Å²) >= 11 is 0. The minimum absolute atomic E-state index is 0.147. The van der Waals surface area contributed by atoms with Crippen molar-refractivity contribution in [3.8, 4) is 0 Å². The van der Waals surface area contributed by atoms with E-state index in [4.69, 9.17) is 9.26 Å². The standard InChI is InChI=1S/C16H18N4O4/c1-10-13(8-18-24-10)15(21)19-11-2-4-12(5-3-11)20-16(22)14-9-23-7-6-17-14/h2-5,8,14,17H,6-7,9H2,1H3,(H,19,21)(H,20,22). The van der Waals surface area contributed by atoms with Gasteiger partial charge in [0.15, 0.2) is 0 Å². The smallest absolute Gasteiger partial charge is 0.260 e. The molecule has 0 aliphatic carbocycles. The molecule has 2 aromatic rings. The number of morpholine rings is 1. The molecule has 3 rings (SSSR count). The number of hydrogen-bond donors (Lipinski definition) is 3. The lowest BCUT2D eigenvalue weighted by Gasteiger charge is -2.22. The van der Waals surface area contributed by atoms with Crippen molar-refractivity contribution in [2.45, 2.75) is 13.0 Å². The Bertz CT molecular complexity index is 720. The van der Waals surface area contributed by atoms with Crippen LogP contribution in [-0.4, -0.2) is 42.8 Å². The second kappa shape index (κ2) is 7.24. The van der Waals surface area contributed by atoms with Gasteiger partial charge in [-0.1, -0.05) is 5.16 Å². The topological polar surface area (TPSA) is 105 Å². The number of hydrogen-bond acceptors (Lipinski definition) is 6. The van der Waals surface area contributed by atoms with Crippen LogP contribution in [0.5, 0.6) is 0 Å². The van der Waals surface area contributed by atoms with E-state index in [1.165, 1.54) is 6.20 Å². The Morgan fingerprint density at radius 2 is 1.92 bits per heavy atom. The first kappa shape index (κ1) is 16.2. The fourth-order valence-corrected chi connectivity index (χ4v) is 2.32. The van der Waals surface area contributed by atoms with Gasteiger partial charge in [-0.05, 0) is 31.2 Å². The van der Waals surface area contributed by atoms with Gasteiger partial charge in [0.1, 0.15) is 17.4 Å². The molecule has 24 heavy (non-hydrogen) atoms. The third kappa shape index (κ3) is 3.79. The minimum atomic E-state index is -0.352. The molecular formula is C16H18N4O4. The predicted octanol–water partition coefficient (Wildman–Crippen LogP) is 1.16. The molecule has 1 aliphatic rings. The summed E-state index contributed by atoms with van der Waals surface area (Å²) in [6.07, 6.45) is 1.37. The van der Waals surface area contributed by atoms with Crippen molar-refractivity contribution in [3.63, 3.8) is 0 Å². The van der Waals surface area contributed by atoms with E-state index >= 15 is 0 Å². The molecule has 0 spiro atoms. The summed E-state index contributed by atoms with van der Waals surface area (Å²) in [5.41, 5.74) is 1.64. The van der Waals surface area contributed by atoms with Crippen molar-refractivity contribution in [1.82, 2.24) is 10.5 Å². The van der Waals surface area contributed by atoms with E-state index < -0.39 is 0 Å². The molecule has 1 aliphatic heterocycles. The maximum Gasteiger partial charge on any atom is 0.260 e. The Morgan fingerprint density at radius 3 is 2.50 bits per heavy atom. The molecule has 1 saturated heterocycles. The molecule has 1 unspecified atom stereocenters. The molecule has 0 bridgehead atoms. The molecule has 2 heterocycles. The van der Waals surface area contributed by atoms with Gasteiger partial charge in [0, 0.05) is 17.9 Å². The monoisotopic (exact) mass is 330 g/mol. The number of aromatic nitrogens is 1. The fraction of sp³-hybridized carbons (Fsp3) is 0.312. The van der Waals surface area contributed by atoms with Gasteiger partial charge in [0.25, 0.3) is 5.91 Å². The van der Waals surface area contributed by atoms with Crippen molar-refractivity contribution < 1.29 is 18.8 Å². The Hall–Kier alpha value is -2.71. The molecule has 8 heteroatoms. The van der Waals surface area contributed by atoms with Crippen molar-refractivity contribution in [3.05, 3.63) is 41.8 Å². The summed E-state index contributed by atoms with van der Waals surface area (Å²) < 4.78 is 10.1. The number of amides is 2. The van der Waals surface area contributed by atoms with Gasteiger partial charge in [-0.25, -0.2) is 0 Å². The molecular weight excluding hydrogens is 312 g/mol. The zero-order chi connectivity index (χ0) is 16.9. The van der Waals surface area contributed by atoms with E-state index in [0.717, 1.165) is 0 Å². The maximum atomic E-state index is 12.1. The van der Waals surface area contributed by atoms with Crippen LogP contribution in [0.4, 0.5) is 11.4 Å². The van der Waals surface area contributed by atoms with Crippen LogP contribution in [0, 0.1) is 6.92 Å². The zero-order valence-electron chi connectivity index (χ0n) is 13.2. The zero-order valence-corrected chi connectivity index (χ0v) is 13.2. The van der Waals surface area contributed by atoms with Crippen LogP contribution < -0.4 is 16.0 Å². The van der Waals surface area contributed by atoms with Crippen molar-refractivity contribution >= 4 is 23.2 Å². The molecule has 0 saturated carbocycles. The molecule has 3 N–H and O–H groups in total. The Balaban J connectivity index is 1.58. The van der Waals surface area contributed by atoms with E-state index in [1.54, 1.807) is 31.2 Å². The second-order valence-electron chi connectivity index (χ2n) is 5.40. The number of ether oxygens (including phenoxy) is 1. The average molecular weight is 330 g/mol. The summed E-state index contributed by atoms with van der Waals surface area (Å²) in [5.74, 6) is 0.0132. The van der Waals surface area contributed by atoms with Gasteiger partial charge in [0.2, 0.25) is 5.91 Å². The van der Waals surface area contributed by atoms with Crippen LogP contribution in [0.25, 0.3) is 0 Å². The largest absolute Gasteiger partial charge is 0.378 e. The van der Waals surface area contributed by atoms with Crippen LogP contribution >= 0.6 is 0 Å². The van der Waals surface area contributed by atoms with E-state index in [-0.39, 0.29) is 17.9 Å². The third-order valence-electron chi connectivity index (χ3n) is 3.64. The highest BCUT2D eigenvalue weighted by molar-refractivity contribution is 6.04. The number of carbonyl (C=O) groups excluding carboxylic acids is 2. The number of benzene rings is 1. The maximum absolute atomic E-state index is 12.1. The predicted molar refractivity (Wildman–Crippen MR) is 86.9 cm³/mol. The highest BCUT2D eigenvalue weighted by Gasteiger charge is 2.21. The van der Waals surface area contributed by atoms with Crippen LogP contribution in [0.1, 0.15) is 16.1 Å². The molecule has 1 fully saturated rings. The van der Waals surface area contributed by atoms with E-state index in [0.29, 0.717) is 42.5 Å². The minimum Gasteiger partial charge on any atom is -0.378 e. The van der Waals surface area contributed by atoms with Crippen molar-refractivity contribution in [1.29, 1.82) is 0 Å². The van der Waals surface area contributed by atoms with Gasteiger partial charge in [0.05, 0.1) is 19.4 Å². The van der Waals surface area contributed by atoms with Crippen molar-refractivity contribution in [2.75, 3.05) is 30.4 Å². The molecule has 0 radical (unpaired) electrons. The van der Waals surface area contributed by atoms with E-state index in [9.17, 15) is 9.59 Å². The summed E-state index contributed by atoms with van der Waals surface area (Å²) in [6.45, 7) is 3.30. The molecule has 1 atom stereocenters. The first-order chi connectivity index (χ1) is 11.6. The molecule has 2 amide bonds. The fourth-order valence-electron chi connectivity index (χ4n) is 2.32.